The van der Waals surface area contributed by atoms with Crippen LogP contribution in [0.15, 0.2) is 9.59 Å². The van der Waals surface area contributed by atoms with E-state index in [2.05, 4.69) is 16.0 Å². The third-order valence-corrected chi connectivity index (χ3v) is 2.85. The molecule has 1 heterocycles. The van der Waals surface area contributed by atoms with Gasteiger partial charge < -0.3 is 16.0 Å². The maximum Gasteiger partial charge on any atom is 0.253 e. The van der Waals surface area contributed by atoms with E-state index in [4.69, 9.17) is 0 Å². The van der Waals surface area contributed by atoms with Crippen LogP contribution in [-0.4, -0.2) is 26.2 Å². The fourth-order valence-electron chi connectivity index (χ4n) is 1.96. The monoisotopic (exact) mass is 209 g/mol. The highest BCUT2D eigenvalue weighted by atomic mass is 16.2. The Morgan fingerprint density at radius 3 is 2.67 bits per heavy atom. The van der Waals surface area contributed by atoms with Crippen molar-refractivity contribution in [2.24, 2.45) is 0 Å². The van der Waals surface area contributed by atoms with Crippen molar-refractivity contribution < 1.29 is 0 Å². The average molecular weight is 209 g/mol. The Hall–Kier alpha value is -1.36. The zero-order valence-electron chi connectivity index (χ0n) is 8.72. The van der Waals surface area contributed by atoms with Crippen molar-refractivity contribution in [3.05, 3.63) is 20.4 Å². The first-order chi connectivity index (χ1) is 7.24. The van der Waals surface area contributed by atoms with Crippen LogP contribution in [0.2, 0.25) is 0 Å². The number of anilines is 2. The minimum absolute atomic E-state index is 0.405. The number of hydrogen-bond donors (Lipinski definition) is 3. The van der Waals surface area contributed by atoms with Crippen LogP contribution in [-0.2, 0) is 0 Å². The van der Waals surface area contributed by atoms with Gasteiger partial charge in [-0.2, -0.15) is 0 Å². The molecule has 15 heavy (non-hydrogen) atoms. The lowest BCUT2D eigenvalue weighted by molar-refractivity contribution is 0.633. The molecule has 0 unspecified atom stereocenters. The number of hydrogen-bond acceptors (Lipinski definition) is 5. The Kier molecular flexibility index (Phi) is 2.73. The smallest absolute Gasteiger partial charge is 0.253 e. The minimum atomic E-state index is -0.417. The van der Waals surface area contributed by atoms with Crippen molar-refractivity contribution in [2.45, 2.75) is 18.9 Å². The quantitative estimate of drug-likeness (QED) is 0.583. The molecule has 82 valence electrons. The lowest BCUT2D eigenvalue weighted by Crippen LogP contribution is -2.39. The molecule has 0 aromatic heterocycles. The highest BCUT2D eigenvalue weighted by Crippen LogP contribution is 2.14. The Morgan fingerprint density at radius 2 is 2.07 bits per heavy atom. The first-order valence-electron chi connectivity index (χ1n) is 5.22. The molecule has 0 aliphatic carbocycles. The zero-order chi connectivity index (χ0) is 10.8. The van der Waals surface area contributed by atoms with Gasteiger partial charge in [0.1, 0.15) is 11.4 Å². The second kappa shape index (κ2) is 4.02. The number of nitrogens with one attached hydrogen (secondary N) is 3. The summed E-state index contributed by atoms with van der Waals surface area (Å²) in [7, 11) is 1.65. The molecule has 1 saturated heterocycles. The van der Waals surface area contributed by atoms with Crippen molar-refractivity contribution >= 4 is 11.4 Å². The maximum absolute atomic E-state index is 11.2. The third kappa shape index (κ3) is 1.74. The topological polar surface area (TPSA) is 70.2 Å². The molecule has 0 saturated carbocycles. The van der Waals surface area contributed by atoms with Crippen LogP contribution in [0.25, 0.3) is 0 Å². The van der Waals surface area contributed by atoms with Gasteiger partial charge in [0, 0.05) is 19.6 Å². The summed E-state index contributed by atoms with van der Waals surface area (Å²) in [5, 5.41) is 9.08. The van der Waals surface area contributed by atoms with E-state index in [9.17, 15) is 9.59 Å². The predicted octanol–water partition coefficient (Wildman–Crippen LogP) is -0.512. The van der Waals surface area contributed by atoms with E-state index in [-0.39, 0.29) is 0 Å². The van der Waals surface area contributed by atoms with Crippen LogP contribution in [0.1, 0.15) is 12.8 Å². The molecule has 0 radical (unpaired) electrons. The summed E-state index contributed by atoms with van der Waals surface area (Å²) in [5.41, 5.74) is 0.0333. The van der Waals surface area contributed by atoms with E-state index in [0.717, 1.165) is 13.0 Å². The van der Waals surface area contributed by atoms with E-state index in [1.165, 1.54) is 6.42 Å². The average Bonchev–Trinajstić information content (AvgIpc) is 2.75. The van der Waals surface area contributed by atoms with E-state index in [0.29, 0.717) is 24.0 Å². The molecule has 0 amide bonds. The summed E-state index contributed by atoms with van der Waals surface area (Å²) < 4.78 is 0. The maximum atomic E-state index is 11.2. The Bertz CT molecular complexity index is 414. The number of rotatable bonds is 4. The highest BCUT2D eigenvalue weighted by molar-refractivity contribution is 5.73. The van der Waals surface area contributed by atoms with Gasteiger partial charge in [0.05, 0.1) is 0 Å². The van der Waals surface area contributed by atoms with Crippen LogP contribution in [0.5, 0.6) is 0 Å². The van der Waals surface area contributed by atoms with E-state index in [1.807, 2.05) is 0 Å². The molecule has 5 nitrogen and oxygen atoms in total. The molecule has 1 atom stereocenters. The molecule has 3 N–H and O–H groups in total. The molecule has 1 aliphatic rings. The lowest BCUT2D eigenvalue weighted by atomic mass is 10.1. The fourth-order valence-corrected chi connectivity index (χ4v) is 1.96. The summed E-state index contributed by atoms with van der Waals surface area (Å²) in [5.74, 6) is 0. The molecule has 1 aliphatic heterocycles. The molecule has 1 aromatic rings. The Balaban J connectivity index is 1.96. The second-order valence-corrected chi connectivity index (χ2v) is 3.83. The summed E-state index contributed by atoms with van der Waals surface area (Å²) in [6, 6.07) is 0.416. The molecular weight excluding hydrogens is 194 g/mol. The molecule has 0 spiro atoms. The van der Waals surface area contributed by atoms with E-state index < -0.39 is 10.9 Å². The molecule has 1 aromatic carbocycles. The van der Waals surface area contributed by atoms with Gasteiger partial charge in [0.15, 0.2) is 0 Å². The van der Waals surface area contributed by atoms with Crippen molar-refractivity contribution in [1.82, 2.24) is 5.32 Å². The van der Waals surface area contributed by atoms with Crippen molar-refractivity contribution in [3.63, 3.8) is 0 Å². The summed E-state index contributed by atoms with van der Waals surface area (Å²) in [4.78, 5) is 22.3. The fraction of sp³-hybridized carbons (Fsp3) is 0.600. The normalized spacial score (nSPS) is 20.7. The van der Waals surface area contributed by atoms with Gasteiger partial charge >= 0.3 is 0 Å². The van der Waals surface area contributed by atoms with Gasteiger partial charge in [-0.05, 0) is 19.4 Å². The summed E-state index contributed by atoms with van der Waals surface area (Å²) in [6.45, 7) is 1.75. The summed E-state index contributed by atoms with van der Waals surface area (Å²) >= 11 is 0. The van der Waals surface area contributed by atoms with Gasteiger partial charge in [0.2, 0.25) is 0 Å². The standard InChI is InChI=1S/C10H15N3O2/c1-11-7-8(10(15)9(7)14)13-5-6-3-2-4-12-6/h6,11-13H,2-5H2,1H3/t6-/m0/s1. The lowest BCUT2D eigenvalue weighted by Gasteiger charge is -2.15. The van der Waals surface area contributed by atoms with Gasteiger partial charge in [-0.1, -0.05) is 0 Å². The van der Waals surface area contributed by atoms with E-state index >= 15 is 0 Å². The van der Waals surface area contributed by atoms with Crippen molar-refractivity contribution in [2.75, 3.05) is 30.8 Å². The van der Waals surface area contributed by atoms with Gasteiger partial charge in [0.25, 0.3) is 10.9 Å². The first-order valence-corrected chi connectivity index (χ1v) is 5.22. The van der Waals surface area contributed by atoms with Gasteiger partial charge in [-0.3, -0.25) is 9.59 Å². The van der Waals surface area contributed by atoms with Crippen LogP contribution >= 0.6 is 0 Å². The van der Waals surface area contributed by atoms with E-state index in [1.54, 1.807) is 7.05 Å². The first kappa shape index (κ1) is 10.2. The van der Waals surface area contributed by atoms with Crippen LogP contribution < -0.4 is 26.8 Å². The SMILES string of the molecule is CNc1c(NC[C@@H]2CCCN2)c(=O)c1=O. The largest absolute Gasteiger partial charge is 0.383 e. The molecule has 1 fully saturated rings. The Labute approximate surface area is 87.6 Å². The van der Waals surface area contributed by atoms with Crippen molar-refractivity contribution in [3.8, 4) is 0 Å². The predicted molar refractivity (Wildman–Crippen MR) is 60.4 cm³/mol. The van der Waals surface area contributed by atoms with Gasteiger partial charge in [-0.15, -0.1) is 0 Å². The second-order valence-electron chi connectivity index (χ2n) is 3.83. The minimum Gasteiger partial charge on any atom is -0.383 e. The Morgan fingerprint density at radius 1 is 1.33 bits per heavy atom. The molecule has 2 rings (SSSR count). The van der Waals surface area contributed by atoms with Crippen LogP contribution in [0.4, 0.5) is 11.4 Å². The molecular formula is C10H15N3O2. The molecule has 0 bridgehead atoms. The summed E-state index contributed by atoms with van der Waals surface area (Å²) in [6.07, 6.45) is 2.30. The van der Waals surface area contributed by atoms with Crippen molar-refractivity contribution in [1.29, 1.82) is 0 Å². The van der Waals surface area contributed by atoms with Crippen LogP contribution in [0, 0.1) is 0 Å². The highest BCUT2D eigenvalue weighted by Gasteiger charge is 2.21. The molecule has 5 heteroatoms. The van der Waals surface area contributed by atoms with Crippen LogP contribution in [0.3, 0.4) is 0 Å². The third-order valence-electron chi connectivity index (χ3n) is 2.85. The van der Waals surface area contributed by atoms with Gasteiger partial charge in [-0.25, -0.2) is 0 Å². The zero-order valence-corrected chi connectivity index (χ0v) is 8.72.